The molecule has 0 spiro atoms. The third-order valence-electron chi connectivity index (χ3n) is 7.91. The summed E-state index contributed by atoms with van der Waals surface area (Å²) >= 11 is 1.66. The van der Waals surface area contributed by atoms with Crippen molar-refractivity contribution < 1.29 is 0 Å². The van der Waals surface area contributed by atoms with Crippen LogP contribution in [0.3, 0.4) is 0 Å². The summed E-state index contributed by atoms with van der Waals surface area (Å²) in [5.74, 6) is 0. The van der Waals surface area contributed by atoms with Gasteiger partial charge in [0, 0.05) is 11.8 Å². The van der Waals surface area contributed by atoms with Crippen LogP contribution in [0.5, 0.6) is 0 Å². The molecule has 0 N–H and O–H groups in total. The van der Waals surface area contributed by atoms with E-state index in [1.165, 1.54) is 27.5 Å². The highest BCUT2D eigenvalue weighted by molar-refractivity contribution is 7.25. The molecule has 0 aliphatic heterocycles. The lowest BCUT2D eigenvalue weighted by Crippen LogP contribution is -2.51. The van der Waals surface area contributed by atoms with Crippen molar-refractivity contribution in [2.75, 3.05) is 0 Å². The zero-order valence-electron chi connectivity index (χ0n) is 22.7. The van der Waals surface area contributed by atoms with Gasteiger partial charge in [0.1, 0.15) is 15.9 Å². The molecule has 0 radical (unpaired) electrons. The SMILES string of the molecule is c1ccc(B(c2ccccc2)c2ccc(-c3ccc(-c4ccnc5c4sc4nc6ccccc6nc45)cc3)cc2)cc1. The van der Waals surface area contributed by atoms with E-state index in [0.717, 1.165) is 42.7 Å². The van der Waals surface area contributed by atoms with Crippen molar-refractivity contribution in [2.45, 2.75) is 0 Å². The van der Waals surface area contributed by atoms with Crippen LogP contribution in [0.25, 0.3) is 53.9 Å². The Morgan fingerprint density at radius 3 is 1.62 bits per heavy atom. The molecule has 0 saturated heterocycles. The Kier molecular flexibility index (Phi) is 6.09. The Labute approximate surface area is 248 Å². The smallest absolute Gasteiger partial charge is 0.241 e. The lowest BCUT2D eigenvalue weighted by atomic mass is 9.37. The minimum Gasteiger partial charge on any atom is -0.253 e. The molecule has 5 aromatic carbocycles. The van der Waals surface area contributed by atoms with Crippen molar-refractivity contribution >= 4 is 66.0 Å². The van der Waals surface area contributed by atoms with E-state index in [0.29, 0.717) is 0 Å². The van der Waals surface area contributed by atoms with Crippen LogP contribution < -0.4 is 16.4 Å². The molecule has 196 valence electrons. The number of hydrogen-bond donors (Lipinski definition) is 0. The summed E-state index contributed by atoms with van der Waals surface area (Å²) in [6.07, 6.45) is 1.88. The van der Waals surface area contributed by atoms with Gasteiger partial charge in [0.05, 0.1) is 15.7 Å². The van der Waals surface area contributed by atoms with Crippen molar-refractivity contribution in [3.63, 3.8) is 0 Å². The quantitative estimate of drug-likeness (QED) is 0.211. The third-order valence-corrected chi connectivity index (χ3v) is 9.00. The number of aromatic nitrogens is 3. The Balaban J connectivity index is 1.13. The van der Waals surface area contributed by atoms with E-state index < -0.39 is 0 Å². The Bertz CT molecular complexity index is 2140. The summed E-state index contributed by atoms with van der Waals surface area (Å²) in [6.45, 7) is 0.195. The summed E-state index contributed by atoms with van der Waals surface area (Å²) in [7, 11) is 0. The fourth-order valence-electron chi connectivity index (χ4n) is 5.83. The summed E-state index contributed by atoms with van der Waals surface area (Å²) < 4.78 is 1.12. The number of thiophene rings is 1. The first-order valence-corrected chi connectivity index (χ1v) is 14.9. The number of fused-ring (bicyclic) bond motifs is 4. The fourth-order valence-corrected chi connectivity index (χ4v) is 6.95. The number of hydrogen-bond acceptors (Lipinski definition) is 4. The second kappa shape index (κ2) is 10.4. The summed E-state index contributed by atoms with van der Waals surface area (Å²) in [5, 5.41) is 0. The van der Waals surface area contributed by atoms with Crippen LogP contribution in [0.2, 0.25) is 0 Å². The van der Waals surface area contributed by atoms with E-state index >= 15 is 0 Å². The largest absolute Gasteiger partial charge is 0.253 e. The first-order valence-electron chi connectivity index (χ1n) is 14.1. The standard InChI is InChI=1S/C37H24BN3S/c1-3-9-28(10-4-1)38(29-11-5-2-6-12-29)30-21-19-26(20-22-30)25-15-17-27(18-16-25)31-23-24-39-34-35-37(42-36(31)34)41-33-14-8-7-13-32(33)40-35/h1-24H. The maximum Gasteiger partial charge on any atom is 0.241 e. The molecule has 0 bridgehead atoms. The number of benzene rings is 5. The first-order chi connectivity index (χ1) is 20.8. The highest BCUT2D eigenvalue weighted by atomic mass is 32.1. The van der Waals surface area contributed by atoms with Gasteiger partial charge in [-0.2, -0.15) is 0 Å². The zero-order valence-corrected chi connectivity index (χ0v) is 23.5. The van der Waals surface area contributed by atoms with E-state index in [2.05, 4.69) is 115 Å². The Morgan fingerprint density at radius 1 is 0.452 bits per heavy atom. The first kappa shape index (κ1) is 24.7. The van der Waals surface area contributed by atoms with Gasteiger partial charge in [-0.1, -0.05) is 138 Å². The van der Waals surface area contributed by atoms with E-state index in [4.69, 9.17) is 15.0 Å². The molecule has 0 amide bonds. The minimum absolute atomic E-state index is 0.195. The fraction of sp³-hybridized carbons (Fsp3) is 0. The molecule has 42 heavy (non-hydrogen) atoms. The van der Waals surface area contributed by atoms with E-state index in [1.807, 2.05) is 30.5 Å². The Hall–Kier alpha value is -5.13. The Morgan fingerprint density at radius 2 is 0.976 bits per heavy atom. The van der Waals surface area contributed by atoms with Crippen LogP contribution in [0, 0.1) is 0 Å². The molecule has 0 fully saturated rings. The van der Waals surface area contributed by atoms with Crippen molar-refractivity contribution in [3.8, 4) is 22.3 Å². The second-order valence-electron chi connectivity index (χ2n) is 10.5. The predicted octanol–water partition coefficient (Wildman–Crippen LogP) is 7.24. The van der Waals surface area contributed by atoms with Crippen molar-refractivity contribution in [1.29, 1.82) is 0 Å². The van der Waals surface area contributed by atoms with Crippen molar-refractivity contribution in [3.05, 3.63) is 146 Å². The van der Waals surface area contributed by atoms with Crippen LogP contribution in [0.1, 0.15) is 0 Å². The van der Waals surface area contributed by atoms with E-state index in [9.17, 15) is 0 Å². The minimum atomic E-state index is 0.195. The molecule has 3 nitrogen and oxygen atoms in total. The van der Waals surface area contributed by atoms with Gasteiger partial charge in [-0.15, -0.1) is 11.3 Å². The van der Waals surface area contributed by atoms with Gasteiger partial charge < -0.3 is 0 Å². The molecule has 0 atom stereocenters. The van der Waals surface area contributed by atoms with Gasteiger partial charge in [0.2, 0.25) is 6.71 Å². The van der Waals surface area contributed by atoms with Gasteiger partial charge in [0.15, 0.2) is 0 Å². The average molecular weight is 553 g/mol. The maximum atomic E-state index is 4.90. The van der Waals surface area contributed by atoms with Crippen molar-refractivity contribution in [2.24, 2.45) is 0 Å². The van der Waals surface area contributed by atoms with Gasteiger partial charge in [0.25, 0.3) is 0 Å². The average Bonchev–Trinajstić information content (AvgIpc) is 3.43. The second-order valence-corrected chi connectivity index (χ2v) is 11.5. The van der Waals surface area contributed by atoms with Gasteiger partial charge in [-0.25, -0.2) is 9.97 Å². The molecule has 8 aromatic rings. The highest BCUT2D eigenvalue weighted by Crippen LogP contribution is 2.38. The summed E-state index contributed by atoms with van der Waals surface area (Å²) in [4.78, 5) is 15.4. The maximum absolute atomic E-state index is 4.90. The molecule has 0 aliphatic carbocycles. The highest BCUT2D eigenvalue weighted by Gasteiger charge is 2.21. The lowest BCUT2D eigenvalue weighted by Gasteiger charge is -2.16. The van der Waals surface area contributed by atoms with Crippen LogP contribution in [0.15, 0.2) is 146 Å². The summed E-state index contributed by atoms with van der Waals surface area (Å²) in [5.41, 5.74) is 12.2. The van der Waals surface area contributed by atoms with Crippen LogP contribution in [-0.4, -0.2) is 21.7 Å². The van der Waals surface area contributed by atoms with E-state index in [-0.39, 0.29) is 6.71 Å². The third kappa shape index (κ3) is 4.35. The number of rotatable bonds is 5. The molecule has 0 saturated carbocycles. The number of pyridine rings is 1. The van der Waals surface area contributed by atoms with E-state index in [1.54, 1.807) is 11.3 Å². The van der Waals surface area contributed by atoms with Crippen LogP contribution >= 0.6 is 11.3 Å². The molecule has 5 heteroatoms. The zero-order chi connectivity index (χ0) is 27.9. The van der Waals surface area contributed by atoms with Gasteiger partial charge >= 0.3 is 0 Å². The summed E-state index contributed by atoms with van der Waals surface area (Å²) in [6, 6.07) is 49.4. The van der Waals surface area contributed by atoms with Gasteiger partial charge in [-0.3, -0.25) is 4.98 Å². The molecule has 0 aliphatic rings. The predicted molar refractivity (Wildman–Crippen MR) is 179 cm³/mol. The monoisotopic (exact) mass is 553 g/mol. The molecule has 8 rings (SSSR count). The van der Waals surface area contributed by atoms with Crippen LogP contribution in [0.4, 0.5) is 0 Å². The topological polar surface area (TPSA) is 38.7 Å². The molecular weight excluding hydrogens is 529 g/mol. The lowest BCUT2D eigenvalue weighted by molar-refractivity contribution is 1.39. The number of nitrogens with zero attached hydrogens (tertiary/aromatic N) is 3. The van der Waals surface area contributed by atoms with Crippen molar-refractivity contribution in [1.82, 2.24) is 15.0 Å². The molecule has 3 aromatic heterocycles. The van der Waals surface area contributed by atoms with Gasteiger partial charge in [-0.05, 0) is 34.9 Å². The normalized spacial score (nSPS) is 11.3. The molecular formula is C37H24BN3S. The molecule has 3 heterocycles. The van der Waals surface area contributed by atoms with Crippen LogP contribution in [-0.2, 0) is 0 Å². The molecule has 0 unspecified atom stereocenters. The number of para-hydroxylation sites is 2.